The van der Waals surface area contributed by atoms with E-state index in [4.69, 9.17) is 16.0 Å². The Labute approximate surface area is 165 Å². The molecule has 0 spiro atoms. The van der Waals surface area contributed by atoms with Gasteiger partial charge in [-0.05, 0) is 30.2 Å². The van der Waals surface area contributed by atoms with Crippen molar-refractivity contribution in [2.24, 2.45) is 0 Å². The van der Waals surface area contributed by atoms with Crippen molar-refractivity contribution >= 4 is 23.3 Å². The first kappa shape index (κ1) is 18.4. The van der Waals surface area contributed by atoms with Crippen molar-refractivity contribution in [3.63, 3.8) is 0 Å². The zero-order valence-corrected chi connectivity index (χ0v) is 16.1. The highest BCUT2D eigenvalue weighted by molar-refractivity contribution is 6.30. The predicted octanol–water partition coefficient (Wildman–Crippen LogP) is 3.05. The molecular formula is C19H18ClN5O3. The van der Waals surface area contributed by atoms with Gasteiger partial charge in [0, 0.05) is 44.0 Å². The average Bonchev–Trinajstić information content (AvgIpc) is 3.30. The normalized spacial score (nSPS) is 14.7. The number of H-pyrrole nitrogens is 1. The number of nitrogens with one attached hydrogen (secondary N) is 2. The molecule has 3 aromatic heterocycles. The van der Waals surface area contributed by atoms with Crippen molar-refractivity contribution in [2.45, 2.75) is 33.0 Å². The summed E-state index contributed by atoms with van der Waals surface area (Å²) in [5.74, 6) is 0.685. The number of carbonyl (C=O) groups is 1. The topological polar surface area (TPSA) is 104 Å². The molecule has 4 heterocycles. The highest BCUT2D eigenvalue weighted by atomic mass is 35.5. The van der Waals surface area contributed by atoms with Crippen molar-refractivity contribution in [2.75, 3.05) is 5.32 Å². The van der Waals surface area contributed by atoms with Gasteiger partial charge in [0.2, 0.25) is 5.76 Å². The van der Waals surface area contributed by atoms with Crippen LogP contribution < -0.4 is 10.9 Å². The maximum absolute atomic E-state index is 12.4. The first-order valence-corrected chi connectivity index (χ1v) is 9.13. The number of fused-ring (bicyclic) bond motifs is 1. The lowest BCUT2D eigenvalue weighted by molar-refractivity contribution is 0.0995. The van der Waals surface area contributed by atoms with Crippen LogP contribution >= 0.6 is 11.6 Å². The summed E-state index contributed by atoms with van der Waals surface area (Å²) in [5.41, 5.74) is 2.64. The molecule has 0 aromatic carbocycles. The number of hydrogen-bond acceptors (Lipinski definition) is 6. The molecule has 0 saturated carbocycles. The van der Waals surface area contributed by atoms with Gasteiger partial charge in [0.1, 0.15) is 10.8 Å². The molecule has 3 aromatic rings. The van der Waals surface area contributed by atoms with Crippen molar-refractivity contribution < 1.29 is 9.21 Å². The van der Waals surface area contributed by atoms with Gasteiger partial charge in [-0.15, -0.1) is 0 Å². The molecular weight excluding hydrogens is 382 g/mol. The highest BCUT2D eigenvalue weighted by Crippen LogP contribution is 2.34. The Morgan fingerprint density at radius 2 is 2.21 bits per heavy atom. The number of aryl methyl sites for hydroxylation is 1. The van der Waals surface area contributed by atoms with Crippen molar-refractivity contribution in [1.82, 2.24) is 19.9 Å². The van der Waals surface area contributed by atoms with E-state index in [9.17, 15) is 9.59 Å². The van der Waals surface area contributed by atoms with Gasteiger partial charge in [-0.3, -0.25) is 14.5 Å². The molecule has 1 aliphatic heterocycles. The Hall–Kier alpha value is -2.97. The summed E-state index contributed by atoms with van der Waals surface area (Å²) in [6, 6.07) is 3.64. The summed E-state index contributed by atoms with van der Waals surface area (Å²) in [6.45, 7) is 5.02. The molecule has 144 valence electrons. The zero-order chi connectivity index (χ0) is 19.8. The number of pyridine rings is 2. The minimum absolute atomic E-state index is 0.0159. The Morgan fingerprint density at radius 1 is 1.39 bits per heavy atom. The zero-order valence-electron chi connectivity index (χ0n) is 15.3. The first-order valence-electron chi connectivity index (χ1n) is 8.75. The Bertz CT molecular complexity index is 1110. The monoisotopic (exact) mass is 399 g/mol. The highest BCUT2D eigenvalue weighted by Gasteiger charge is 2.28. The smallest absolute Gasteiger partial charge is 0.294 e. The molecule has 1 amide bonds. The van der Waals surface area contributed by atoms with E-state index in [1.807, 2.05) is 13.0 Å². The van der Waals surface area contributed by atoms with E-state index in [0.717, 1.165) is 16.7 Å². The van der Waals surface area contributed by atoms with E-state index in [-0.39, 0.29) is 28.3 Å². The third-order valence-electron chi connectivity index (χ3n) is 4.87. The summed E-state index contributed by atoms with van der Waals surface area (Å²) in [4.78, 5) is 37.0. The Morgan fingerprint density at radius 3 is 2.93 bits per heavy atom. The maximum atomic E-state index is 12.4. The van der Waals surface area contributed by atoms with E-state index in [0.29, 0.717) is 24.8 Å². The van der Waals surface area contributed by atoms with Gasteiger partial charge in [0.25, 0.3) is 11.5 Å². The lowest BCUT2D eigenvalue weighted by Gasteiger charge is -2.24. The van der Waals surface area contributed by atoms with Crippen LogP contribution in [0.1, 0.15) is 46.1 Å². The number of carbonyl (C=O) groups excluding carboxylic acids is 1. The molecule has 0 radical (unpaired) electrons. The van der Waals surface area contributed by atoms with Crippen molar-refractivity contribution in [3.8, 4) is 0 Å². The van der Waals surface area contributed by atoms with E-state index < -0.39 is 0 Å². The summed E-state index contributed by atoms with van der Waals surface area (Å²) in [5, 5.41) is 2.97. The number of rotatable bonds is 4. The number of amides is 1. The molecule has 28 heavy (non-hydrogen) atoms. The standard InChI is InChI=1S/C19H18ClN5O3/c1-10(13-5-15(20)18(26)23-6-13)25-8-12-3-4-21-17(14(12)9-25)24-19(27)16-7-22-11(2)28-16/h3-7,10H,8-9H2,1-2H3,(H,23,26)(H,21,24,27). The lowest BCUT2D eigenvalue weighted by Crippen LogP contribution is -2.22. The van der Waals surface area contributed by atoms with Crippen LogP contribution in [0.5, 0.6) is 0 Å². The van der Waals surface area contributed by atoms with Crippen LogP contribution in [0.4, 0.5) is 5.82 Å². The number of oxazole rings is 1. The summed E-state index contributed by atoms with van der Waals surface area (Å²) in [7, 11) is 0. The Kier molecular flexibility index (Phi) is 4.74. The van der Waals surface area contributed by atoms with Crippen LogP contribution in [-0.4, -0.2) is 25.8 Å². The molecule has 8 nitrogen and oxygen atoms in total. The van der Waals surface area contributed by atoms with Gasteiger partial charge < -0.3 is 14.7 Å². The number of nitrogens with zero attached hydrogens (tertiary/aromatic N) is 3. The lowest BCUT2D eigenvalue weighted by atomic mass is 10.1. The molecule has 9 heteroatoms. The number of aromatic nitrogens is 3. The second kappa shape index (κ2) is 7.21. The molecule has 0 bridgehead atoms. The molecule has 1 aliphatic rings. The van der Waals surface area contributed by atoms with Gasteiger partial charge in [-0.1, -0.05) is 11.6 Å². The van der Waals surface area contributed by atoms with Gasteiger partial charge >= 0.3 is 0 Å². The van der Waals surface area contributed by atoms with Crippen LogP contribution in [0, 0.1) is 6.92 Å². The van der Waals surface area contributed by atoms with Gasteiger partial charge in [-0.2, -0.15) is 0 Å². The van der Waals surface area contributed by atoms with Gasteiger partial charge in [0.05, 0.1) is 6.20 Å². The fourth-order valence-corrected chi connectivity index (χ4v) is 3.46. The van der Waals surface area contributed by atoms with Crippen LogP contribution in [0.15, 0.2) is 39.9 Å². The largest absolute Gasteiger partial charge is 0.436 e. The van der Waals surface area contributed by atoms with E-state index in [1.54, 1.807) is 25.4 Å². The fraction of sp³-hybridized carbons (Fsp3) is 0.263. The van der Waals surface area contributed by atoms with Crippen LogP contribution in [0.3, 0.4) is 0 Å². The van der Waals surface area contributed by atoms with E-state index >= 15 is 0 Å². The molecule has 1 atom stereocenters. The molecule has 0 saturated heterocycles. The third kappa shape index (κ3) is 3.44. The predicted molar refractivity (Wildman–Crippen MR) is 103 cm³/mol. The van der Waals surface area contributed by atoms with Crippen molar-refractivity contribution in [1.29, 1.82) is 0 Å². The quantitative estimate of drug-likeness (QED) is 0.698. The summed E-state index contributed by atoms with van der Waals surface area (Å²) in [6.07, 6.45) is 4.74. The second-order valence-corrected chi connectivity index (χ2v) is 7.09. The summed E-state index contributed by atoms with van der Waals surface area (Å²) < 4.78 is 5.27. The third-order valence-corrected chi connectivity index (χ3v) is 5.16. The number of aromatic amines is 1. The van der Waals surface area contributed by atoms with Crippen molar-refractivity contribution in [3.05, 3.63) is 74.4 Å². The van der Waals surface area contributed by atoms with Crippen LogP contribution in [0.2, 0.25) is 5.02 Å². The number of halogens is 1. The average molecular weight is 400 g/mol. The van der Waals surface area contributed by atoms with Crippen LogP contribution in [-0.2, 0) is 13.1 Å². The SMILES string of the molecule is Cc1ncc(C(=O)Nc2nccc3c2CN(C(C)c2c[nH]c(=O)c(Cl)c2)C3)o1. The molecule has 2 N–H and O–H groups in total. The van der Waals surface area contributed by atoms with E-state index in [1.165, 1.54) is 6.20 Å². The number of anilines is 1. The minimum Gasteiger partial charge on any atom is -0.436 e. The van der Waals surface area contributed by atoms with Crippen LogP contribution in [0.25, 0.3) is 0 Å². The first-order chi connectivity index (χ1) is 13.4. The Balaban J connectivity index is 1.55. The molecule has 0 fully saturated rings. The van der Waals surface area contributed by atoms with Gasteiger partial charge in [0.15, 0.2) is 5.89 Å². The minimum atomic E-state index is -0.389. The molecule has 4 rings (SSSR count). The van der Waals surface area contributed by atoms with E-state index in [2.05, 4.69) is 25.2 Å². The fourth-order valence-electron chi connectivity index (χ4n) is 3.28. The second-order valence-electron chi connectivity index (χ2n) is 6.69. The van der Waals surface area contributed by atoms with Gasteiger partial charge in [-0.25, -0.2) is 9.97 Å². The maximum Gasteiger partial charge on any atom is 0.294 e. The summed E-state index contributed by atoms with van der Waals surface area (Å²) >= 11 is 5.96. The molecule has 0 aliphatic carbocycles. The number of hydrogen-bond donors (Lipinski definition) is 2. The molecule has 1 unspecified atom stereocenters.